The molecule has 7 heteroatoms. The monoisotopic (exact) mass is 398 g/mol. The summed E-state index contributed by atoms with van der Waals surface area (Å²) in [5.74, 6) is 0.385. The molecule has 0 bridgehead atoms. The Morgan fingerprint density at radius 2 is 1.82 bits per heavy atom. The lowest BCUT2D eigenvalue weighted by Crippen LogP contribution is -2.28. The number of nitrogens with zero attached hydrogens (tertiary/aromatic N) is 1. The highest BCUT2D eigenvalue weighted by molar-refractivity contribution is 7.89. The Hall–Kier alpha value is -2.90. The van der Waals surface area contributed by atoms with E-state index in [1.54, 1.807) is 38.4 Å². The highest BCUT2D eigenvalue weighted by Crippen LogP contribution is 2.18. The summed E-state index contributed by atoms with van der Waals surface area (Å²) < 4.78 is 33.2. The van der Waals surface area contributed by atoms with Crippen LogP contribution in [0.25, 0.3) is 0 Å². The van der Waals surface area contributed by atoms with Crippen molar-refractivity contribution in [1.29, 1.82) is 0 Å². The summed E-state index contributed by atoms with van der Waals surface area (Å²) in [6.07, 6.45) is 1.55. The zero-order chi connectivity index (χ0) is 20.1. The van der Waals surface area contributed by atoms with Crippen LogP contribution in [0.4, 0.5) is 0 Å². The molecule has 3 aromatic rings. The number of carbonyl (C=O) groups excluding carboxylic acids is 1. The summed E-state index contributed by atoms with van der Waals surface area (Å²) in [4.78, 5) is 14.4. The average Bonchev–Trinajstić information content (AvgIpc) is 3.20. The number of nitrogens with one attached hydrogen (secondary N) is 1. The third-order valence-electron chi connectivity index (χ3n) is 4.38. The molecule has 3 rings (SSSR count). The van der Waals surface area contributed by atoms with Gasteiger partial charge in [-0.15, -0.1) is 0 Å². The van der Waals surface area contributed by atoms with Gasteiger partial charge in [-0.25, -0.2) is 13.1 Å². The number of sulfonamides is 1. The number of amides is 1. The van der Waals surface area contributed by atoms with Crippen molar-refractivity contribution in [3.8, 4) is 0 Å². The van der Waals surface area contributed by atoms with Gasteiger partial charge in [-0.05, 0) is 42.3 Å². The molecule has 0 saturated heterocycles. The molecule has 146 valence electrons. The van der Waals surface area contributed by atoms with E-state index in [9.17, 15) is 13.2 Å². The normalized spacial score (nSPS) is 11.4. The van der Waals surface area contributed by atoms with E-state index in [1.165, 1.54) is 17.0 Å². The summed E-state index contributed by atoms with van der Waals surface area (Å²) in [6, 6.07) is 17.4. The molecule has 1 N–H and O–H groups in total. The second-order valence-electron chi connectivity index (χ2n) is 6.53. The van der Waals surface area contributed by atoms with E-state index in [4.69, 9.17) is 4.42 Å². The minimum atomic E-state index is -3.75. The Morgan fingerprint density at radius 1 is 1.07 bits per heavy atom. The third-order valence-corrected chi connectivity index (χ3v) is 5.78. The highest BCUT2D eigenvalue weighted by atomic mass is 32.2. The molecule has 1 amide bonds. The van der Waals surface area contributed by atoms with E-state index in [-0.39, 0.29) is 17.3 Å². The Balaban J connectivity index is 1.79. The lowest BCUT2D eigenvalue weighted by molar-refractivity contribution is 0.0774. The van der Waals surface area contributed by atoms with Crippen molar-refractivity contribution in [3.63, 3.8) is 0 Å². The van der Waals surface area contributed by atoms with Crippen molar-refractivity contribution in [3.05, 3.63) is 89.4 Å². The quantitative estimate of drug-likeness (QED) is 0.662. The molecule has 0 spiro atoms. The first-order valence-electron chi connectivity index (χ1n) is 8.79. The smallest absolute Gasteiger partial charge is 0.254 e. The van der Waals surface area contributed by atoms with E-state index in [0.29, 0.717) is 23.4 Å². The SMILES string of the molecule is Cc1ccc(S(=O)(=O)NCc2ccccc2)cc1C(=O)N(C)Cc1ccco1. The van der Waals surface area contributed by atoms with Gasteiger partial charge in [0.1, 0.15) is 5.76 Å². The van der Waals surface area contributed by atoms with E-state index in [1.807, 2.05) is 30.3 Å². The number of hydrogen-bond donors (Lipinski definition) is 1. The van der Waals surface area contributed by atoms with Crippen LogP contribution in [0.15, 0.2) is 76.2 Å². The maximum atomic E-state index is 12.8. The highest BCUT2D eigenvalue weighted by Gasteiger charge is 2.20. The number of rotatable bonds is 7. The summed E-state index contributed by atoms with van der Waals surface area (Å²) in [5.41, 5.74) is 1.91. The van der Waals surface area contributed by atoms with Crippen LogP contribution >= 0.6 is 0 Å². The molecule has 0 unspecified atom stereocenters. The molecule has 0 aliphatic rings. The predicted molar refractivity (Wildman–Crippen MR) is 106 cm³/mol. The molecule has 0 saturated carbocycles. The zero-order valence-corrected chi connectivity index (χ0v) is 16.6. The van der Waals surface area contributed by atoms with Crippen molar-refractivity contribution in [2.24, 2.45) is 0 Å². The summed E-state index contributed by atoms with van der Waals surface area (Å²) in [7, 11) is -2.09. The predicted octanol–water partition coefficient (Wildman–Crippen LogP) is 3.34. The Bertz CT molecular complexity index is 1050. The number of aryl methyl sites for hydroxylation is 1. The summed E-state index contributed by atoms with van der Waals surface area (Å²) in [6.45, 7) is 2.26. The van der Waals surface area contributed by atoms with Gasteiger partial charge in [0.15, 0.2) is 0 Å². The zero-order valence-electron chi connectivity index (χ0n) is 15.8. The van der Waals surface area contributed by atoms with E-state index < -0.39 is 10.0 Å². The molecule has 0 fully saturated rings. The fourth-order valence-electron chi connectivity index (χ4n) is 2.77. The lowest BCUT2D eigenvalue weighted by atomic mass is 10.1. The van der Waals surface area contributed by atoms with Crippen LogP contribution in [0.5, 0.6) is 0 Å². The standard InChI is InChI=1S/C21H22N2O4S/c1-16-10-11-19(28(25,26)22-14-17-7-4-3-5-8-17)13-20(16)21(24)23(2)15-18-9-6-12-27-18/h3-13,22H,14-15H2,1-2H3. The number of furan rings is 1. The number of hydrogen-bond acceptors (Lipinski definition) is 4. The molecule has 0 atom stereocenters. The number of benzene rings is 2. The van der Waals surface area contributed by atoms with Crippen LogP contribution in [-0.4, -0.2) is 26.3 Å². The molecule has 6 nitrogen and oxygen atoms in total. The van der Waals surface area contributed by atoms with Gasteiger partial charge in [0.25, 0.3) is 5.91 Å². The van der Waals surface area contributed by atoms with Gasteiger partial charge in [0.2, 0.25) is 10.0 Å². The molecule has 0 aliphatic heterocycles. The topological polar surface area (TPSA) is 79.6 Å². The Labute approximate surface area is 164 Å². The molecule has 1 heterocycles. The molecular formula is C21H22N2O4S. The van der Waals surface area contributed by atoms with Crippen LogP contribution in [0, 0.1) is 6.92 Å². The average molecular weight is 398 g/mol. The third kappa shape index (κ3) is 4.68. The van der Waals surface area contributed by atoms with Crippen molar-refractivity contribution in [2.75, 3.05) is 7.05 Å². The maximum absolute atomic E-state index is 12.8. The molecule has 2 aromatic carbocycles. The van der Waals surface area contributed by atoms with E-state index in [2.05, 4.69) is 4.72 Å². The van der Waals surface area contributed by atoms with Gasteiger partial charge >= 0.3 is 0 Å². The van der Waals surface area contributed by atoms with Gasteiger partial charge in [0.05, 0.1) is 17.7 Å². The van der Waals surface area contributed by atoms with Crippen molar-refractivity contribution >= 4 is 15.9 Å². The Kier molecular flexibility index (Phi) is 5.96. The van der Waals surface area contributed by atoms with E-state index in [0.717, 1.165) is 5.56 Å². The van der Waals surface area contributed by atoms with Gasteiger partial charge in [-0.2, -0.15) is 0 Å². The molecular weight excluding hydrogens is 376 g/mol. The first-order valence-corrected chi connectivity index (χ1v) is 10.3. The van der Waals surface area contributed by atoms with Gasteiger partial charge in [-0.1, -0.05) is 36.4 Å². The second kappa shape index (κ2) is 8.41. The van der Waals surface area contributed by atoms with Crippen molar-refractivity contribution in [1.82, 2.24) is 9.62 Å². The van der Waals surface area contributed by atoms with Crippen LogP contribution in [-0.2, 0) is 23.1 Å². The van der Waals surface area contributed by atoms with Crippen molar-refractivity contribution in [2.45, 2.75) is 24.9 Å². The van der Waals surface area contributed by atoms with E-state index >= 15 is 0 Å². The van der Waals surface area contributed by atoms with Crippen LogP contribution in [0.2, 0.25) is 0 Å². The van der Waals surface area contributed by atoms with Gasteiger partial charge in [0, 0.05) is 19.2 Å². The minimum Gasteiger partial charge on any atom is -0.467 e. The second-order valence-corrected chi connectivity index (χ2v) is 8.29. The largest absolute Gasteiger partial charge is 0.467 e. The fraction of sp³-hybridized carbons (Fsp3) is 0.190. The molecule has 0 aliphatic carbocycles. The maximum Gasteiger partial charge on any atom is 0.254 e. The molecule has 0 radical (unpaired) electrons. The summed E-state index contributed by atoms with van der Waals surface area (Å²) in [5, 5.41) is 0. The van der Waals surface area contributed by atoms with Gasteiger partial charge < -0.3 is 9.32 Å². The van der Waals surface area contributed by atoms with Gasteiger partial charge in [-0.3, -0.25) is 4.79 Å². The Morgan fingerprint density at radius 3 is 2.50 bits per heavy atom. The summed E-state index contributed by atoms with van der Waals surface area (Å²) >= 11 is 0. The molecule has 1 aromatic heterocycles. The lowest BCUT2D eigenvalue weighted by Gasteiger charge is -2.18. The minimum absolute atomic E-state index is 0.0591. The van der Waals surface area contributed by atoms with Crippen LogP contribution in [0.3, 0.4) is 0 Å². The first kappa shape index (κ1) is 19.9. The molecule has 28 heavy (non-hydrogen) atoms. The first-order chi connectivity index (χ1) is 13.4. The number of carbonyl (C=O) groups is 1. The fourth-order valence-corrected chi connectivity index (χ4v) is 3.81. The van der Waals surface area contributed by atoms with Crippen LogP contribution in [0.1, 0.15) is 27.2 Å². The van der Waals surface area contributed by atoms with Crippen LogP contribution < -0.4 is 4.72 Å². The van der Waals surface area contributed by atoms with Crippen molar-refractivity contribution < 1.29 is 17.6 Å².